The molecule has 0 amide bonds. The summed E-state index contributed by atoms with van der Waals surface area (Å²) in [5.74, 6) is -1.21. The van der Waals surface area contributed by atoms with Crippen LogP contribution in [0, 0.1) is 15.2 Å². The Morgan fingerprint density at radius 3 is 2.63 bits per heavy atom. The maximum atomic E-state index is 13.2. The molecule has 0 bridgehead atoms. The van der Waals surface area contributed by atoms with Crippen LogP contribution in [-0.4, -0.2) is 9.97 Å². The summed E-state index contributed by atoms with van der Waals surface area (Å²) in [5.41, 5.74) is 1.73. The van der Waals surface area contributed by atoms with Crippen LogP contribution < -0.4 is 0 Å². The van der Waals surface area contributed by atoms with Crippen molar-refractivity contribution in [3.63, 3.8) is 0 Å². The normalized spacial score (nSPS) is 11.2. The Balaban J connectivity index is 2.23. The molecule has 0 aliphatic carbocycles. The van der Waals surface area contributed by atoms with E-state index in [-0.39, 0.29) is 0 Å². The average molecular weight is 435 g/mol. The number of aromatic nitrogens is 2. The number of H-pyrrole nitrogens is 1. The Morgan fingerprint density at radius 1 is 1.11 bits per heavy atom. The lowest BCUT2D eigenvalue weighted by molar-refractivity contribution is 0.510. The van der Waals surface area contributed by atoms with Gasteiger partial charge in [0.1, 0.15) is 5.82 Å². The van der Waals surface area contributed by atoms with Gasteiger partial charge in [-0.3, -0.25) is 0 Å². The minimum Gasteiger partial charge on any atom is -0.338 e. The first-order valence-corrected chi connectivity index (χ1v) is 7.22. The fourth-order valence-electron chi connectivity index (χ4n) is 1.81. The second-order valence-corrected chi connectivity index (χ2v) is 6.09. The first-order valence-electron chi connectivity index (χ1n) is 5.35. The van der Waals surface area contributed by atoms with Gasteiger partial charge in [-0.05, 0) is 40.8 Å². The number of hydrogen-bond donors (Lipinski definition) is 1. The van der Waals surface area contributed by atoms with Gasteiger partial charge < -0.3 is 4.98 Å². The van der Waals surface area contributed by atoms with Crippen LogP contribution in [0.15, 0.2) is 34.8 Å². The minimum absolute atomic E-state index is 0.402. The first kappa shape index (κ1) is 13.0. The Kier molecular flexibility index (Phi) is 3.30. The number of benzene rings is 2. The summed E-state index contributed by atoms with van der Waals surface area (Å²) in [6.45, 7) is 0. The molecule has 0 atom stereocenters. The molecule has 3 aromatic rings. The molecule has 2 nitrogen and oxygen atoms in total. The molecule has 0 radical (unpaired) electrons. The first-order chi connectivity index (χ1) is 9.04. The highest BCUT2D eigenvalue weighted by molar-refractivity contribution is 14.1. The average Bonchev–Trinajstić information content (AvgIpc) is 2.75. The molecule has 2 aromatic carbocycles. The maximum absolute atomic E-state index is 13.2. The van der Waals surface area contributed by atoms with Gasteiger partial charge in [0.15, 0.2) is 11.6 Å². The lowest BCUT2D eigenvalue weighted by Gasteiger charge is -2.01. The van der Waals surface area contributed by atoms with E-state index in [0.29, 0.717) is 16.9 Å². The monoisotopic (exact) mass is 434 g/mol. The molecule has 1 heterocycles. The third-order valence-electron chi connectivity index (χ3n) is 2.71. The number of imidazole rings is 1. The number of fused-ring (bicyclic) bond motifs is 1. The van der Waals surface area contributed by atoms with Crippen molar-refractivity contribution in [3.05, 3.63) is 50.0 Å². The Hall–Kier alpha value is -1.02. The molecule has 0 spiro atoms. The van der Waals surface area contributed by atoms with E-state index in [0.717, 1.165) is 25.7 Å². The number of aromatic amines is 1. The summed E-state index contributed by atoms with van der Waals surface area (Å²) in [4.78, 5) is 7.29. The Bertz CT molecular complexity index is 747. The number of nitrogens with zero attached hydrogens (tertiary/aromatic N) is 1. The summed E-state index contributed by atoms with van der Waals surface area (Å²) >= 11 is 5.64. The van der Waals surface area contributed by atoms with Crippen LogP contribution in [0.25, 0.3) is 22.4 Å². The van der Waals surface area contributed by atoms with Crippen molar-refractivity contribution in [1.82, 2.24) is 9.97 Å². The maximum Gasteiger partial charge on any atom is 0.161 e. The van der Waals surface area contributed by atoms with Gasteiger partial charge in [0, 0.05) is 25.7 Å². The minimum atomic E-state index is -0.896. The van der Waals surface area contributed by atoms with Crippen LogP contribution in [0.4, 0.5) is 8.78 Å². The van der Waals surface area contributed by atoms with Crippen molar-refractivity contribution in [2.75, 3.05) is 0 Å². The van der Waals surface area contributed by atoms with Crippen molar-refractivity contribution in [3.8, 4) is 11.4 Å². The second kappa shape index (κ2) is 4.82. The molecule has 6 heteroatoms. The van der Waals surface area contributed by atoms with E-state index < -0.39 is 11.6 Å². The summed E-state index contributed by atoms with van der Waals surface area (Å²) in [5, 5.41) is 0. The van der Waals surface area contributed by atoms with Gasteiger partial charge in [-0.2, -0.15) is 0 Å². The number of nitrogens with one attached hydrogen (secondary N) is 1. The van der Waals surface area contributed by atoms with Crippen LogP contribution >= 0.6 is 38.5 Å². The quantitative estimate of drug-likeness (QED) is 0.543. The van der Waals surface area contributed by atoms with Crippen molar-refractivity contribution >= 4 is 49.6 Å². The van der Waals surface area contributed by atoms with Crippen molar-refractivity contribution in [2.45, 2.75) is 0 Å². The molecule has 0 aliphatic rings. The number of rotatable bonds is 1. The molecule has 0 saturated heterocycles. The number of halogens is 4. The summed E-state index contributed by atoms with van der Waals surface area (Å²) < 4.78 is 28.3. The van der Waals surface area contributed by atoms with Crippen molar-refractivity contribution < 1.29 is 8.78 Å². The van der Waals surface area contributed by atoms with E-state index in [2.05, 4.69) is 48.5 Å². The molecular weight excluding hydrogens is 429 g/mol. The lowest BCUT2D eigenvalue weighted by atomic mass is 10.2. The predicted molar refractivity (Wildman–Crippen MR) is 81.9 cm³/mol. The standard InChI is InChI=1S/C13H6BrF2IN2/c14-8-2-1-6(17)3-7(8)13-18-11-4-9(15)10(16)5-12(11)19-13/h1-5H,(H,18,19). The summed E-state index contributed by atoms with van der Waals surface area (Å²) in [6.07, 6.45) is 0. The van der Waals surface area contributed by atoms with E-state index >= 15 is 0 Å². The van der Waals surface area contributed by atoms with Gasteiger partial charge in [0.05, 0.1) is 11.0 Å². The van der Waals surface area contributed by atoms with Crippen LogP contribution in [0.3, 0.4) is 0 Å². The topological polar surface area (TPSA) is 28.7 Å². The van der Waals surface area contributed by atoms with E-state index in [9.17, 15) is 8.78 Å². The molecule has 0 unspecified atom stereocenters. The molecular formula is C13H6BrF2IN2. The van der Waals surface area contributed by atoms with Gasteiger partial charge in [0.2, 0.25) is 0 Å². The van der Waals surface area contributed by atoms with Gasteiger partial charge in [-0.25, -0.2) is 13.8 Å². The smallest absolute Gasteiger partial charge is 0.161 e. The lowest BCUT2D eigenvalue weighted by Crippen LogP contribution is -1.83. The highest BCUT2D eigenvalue weighted by Gasteiger charge is 2.12. The molecule has 0 fully saturated rings. The summed E-state index contributed by atoms with van der Waals surface area (Å²) in [6, 6.07) is 8.01. The van der Waals surface area contributed by atoms with Crippen molar-refractivity contribution in [1.29, 1.82) is 0 Å². The molecule has 96 valence electrons. The zero-order chi connectivity index (χ0) is 13.6. The zero-order valence-corrected chi connectivity index (χ0v) is 13.1. The van der Waals surface area contributed by atoms with Crippen LogP contribution in [0.1, 0.15) is 0 Å². The van der Waals surface area contributed by atoms with Crippen LogP contribution in [0.5, 0.6) is 0 Å². The van der Waals surface area contributed by atoms with Crippen molar-refractivity contribution in [2.24, 2.45) is 0 Å². The second-order valence-electron chi connectivity index (χ2n) is 3.99. The number of hydrogen-bond acceptors (Lipinski definition) is 1. The van der Waals surface area contributed by atoms with E-state index in [1.165, 1.54) is 0 Å². The fourth-order valence-corrected chi connectivity index (χ4v) is 2.74. The fraction of sp³-hybridized carbons (Fsp3) is 0. The zero-order valence-electron chi connectivity index (χ0n) is 9.35. The molecule has 19 heavy (non-hydrogen) atoms. The van der Waals surface area contributed by atoms with Gasteiger partial charge >= 0.3 is 0 Å². The molecule has 1 aromatic heterocycles. The molecule has 1 N–H and O–H groups in total. The summed E-state index contributed by atoms with van der Waals surface area (Å²) in [7, 11) is 0. The predicted octanol–water partition coefficient (Wildman–Crippen LogP) is 4.88. The van der Waals surface area contributed by atoms with E-state index in [1.807, 2.05) is 18.2 Å². The molecule has 0 aliphatic heterocycles. The van der Waals surface area contributed by atoms with Gasteiger partial charge in [0.25, 0.3) is 0 Å². The molecule has 3 rings (SSSR count). The highest BCUT2D eigenvalue weighted by Crippen LogP contribution is 2.29. The third-order valence-corrected chi connectivity index (χ3v) is 4.07. The molecule has 0 saturated carbocycles. The Labute approximate surface area is 129 Å². The van der Waals surface area contributed by atoms with E-state index in [1.54, 1.807) is 0 Å². The van der Waals surface area contributed by atoms with E-state index in [4.69, 9.17) is 0 Å². The third kappa shape index (κ3) is 2.38. The van der Waals surface area contributed by atoms with Gasteiger partial charge in [-0.1, -0.05) is 15.9 Å². The SMILES string of the molecule is Fc1cc2nc(-c3cc(I)ccc3Br)[nH]c2cc1F. The highest BCUT2D eigenvalue weighted by atomic mass is 127. The largest absolute Gasteiger partial charge is 0.338 e. The van der Waals surface area contributed by atoms with Gasteiger partial charge in [-0.15, -0.1) is 0 Å². The van der Waals surface area contributed by atoms with Crippen LogP contribution in [-0.2, 0) is 0 Å². The van der Waals surface area contributed by atoms with Crippen LogP contribution in [0.2, 0.25) is 0 Å². The Morgan fingerprint density at radius 2 is 1.84 bits per heavy atom.